The van der Waals surface area contributed by atoms with Gasteiger partial charge in [-0.2, -0.15) is 10.5 Å². The summed E-state index contributed by atoms with van der Waals surface area (Å²) in [7, 11) is 0. The summed E-state index contributed by atoms with van der Waals surface area (Å²) in [5.74, 6) is 0. The molecule has 0 unspecified atom stereocenters. The van der Waals surface area contributed by atoms with E-state index in [9.17, 15) is 0 Å². The average molecular weight is 232 g/mol. The van der Waals surface area contributed by atoms with E-state index in [1.807, 2.05) is 48.7 Å². The van der Waals surface area contributed by atoms with E-state index in [4.69, 9.17) is 10.5 Å². The van der Waals surface area contributed by atoms with Crippen molar-refractivity contribution < 1.29 is 0 Å². The largest absolute Gasteiger partial charge is 0.192 e. The van der Waals surface area contributed by atoms with Crippen LogP contribution in [0.2, 0.25) is 0 Å². The highest BCUT2D eigenvalue weighted by Crippen LogP contribution is 2.35. The molecule has 0 spiro atoms. The highest BCUT2D eigenvalue weighted by atomic mass is 32.2. The molecule has 0 aliphatic rings. The summed E-state index contributed by atoms with van der Waals surface area (Å²) in [6, 6.07) is 13.5. The summed E-state index contributed by atoms with van der Waals surface area (Å²) in [5, 5.41) is 17.5. The first-order chi connectivity index (χ1) is 7.31. The summed E-state index contributed by atoms with van der Waals surface area (Å²) in [5.41, 5.74) is 0.177. The smallest absolute Gasteiger partial charge is 0.149 e. The molecule has 0 amide bonds. The summed E-state index contributed by atoms with van der Waals surface area (Å²) in [4.78, 5) is 1.03. The van der Waals surface area contributed by atoms with E-state index in [0.717, 1.165) is 9.13 Å². The van der Waals surface area contributed by atoms with Gasteiger partial charge in [0.05, 0.1) is 4.24 Å². The van der Waals surface area contributed by atoms with Gasteiger partial charge in [0.2, 0.25) is 0 Å². The van der Waals surface area contributed by atoms with Crippen molar-refractivity contribution in [1.82, 2.24) is 0 Å². The molecule has 0 aliphatic carbocycles. The van der Waals surface area contributed by atoms with Crippen LogP contribution in [-0.2, 0) is 0 Å². The van der Waals surface area contributed by atoms with Crippen molar-refractivity contribution in [3.63, 3.8) is 0 Å². The minimum absolute atomic E-state index is 0.177. The van der Waals surface area contributed by atoms with Gasteiger partial charge in [-0.25, -0.2) is 0 Å². The van der Waals surface area contributed by atoms with E-state index in [0.29, 0.717) is 0 Å². The first-order valence-corrected chi connectivity index (χ1v) is 6.17. The van der Waals surface area contributed by atoms with E-state index in [-0.39, 0.29) is 5.57 Å². The van der Waals surface area contributed by atoms with Crippen LogP contribution >= 0.6 is 23.5 Å². The lowest BCUT2D eigenvalue weighted by Gasteiger charge is -2.02. The number of nitriles is 2. The molecule has 15 heavy (non-hydrogen) atoms. The zero-order chi connectivity index (χ0) is 11.1. The van der Waals surface area contributed by atoms with E-state index < -0.39 is 0 Å². The standard InChI is InChI=1S/C11H8N2S2/c1-14-11(9(7-12)8-13)15-10-5-3-2-4-6-10/h2-6H,1H3. The minimum Gasteiger partial charge on any atom is -0.192 e. The Bertz CT molecular complexity index is 422. The van der Waals surface area contributed by atoms with Crippen molar-refractivity contribution in [3.8, 4) is 12.1 Å². The molecule has 0 aliphatic heterocycles. The molecule has 0 saturated carbocycles. The van der Waals surface area contributed by atoms with Crippen LogP contribution in [0.4, 0.5) is 0 Å². The molecule has 0 atom stereocenters. The Hall–Kier alpha value is -1.36. The SMILES string of the molecule is CSC(Sc1ccccc1)=C(C#N)C#N. The van der Waals surface area contributed by atoms with E-state index in [2.05, 4.69) is 0 Å². The van der Waals surface area contributed by atoms with Gasteiger partial charge in [0, 0.05) is 4.90 Å². The van der Waals surface area contributed by atoms with Crippen LogP contribution in [0.3, 0.4) is 0 Å². The predicted molar refractivity (Wildman–Crippen MR) is 64.1 cm³/mol. The number of hydrogen-bond donors (Lipinski definition) is 0. The minimum atomic E-state index is 0.177. The zero-order valence-electron chi connectivity index (χ0n) is 8.10. The highest BCUT2D eigenvalue weighted by molar-refractivity contribution is 8.22. The highest BCUT2D eigenvalue weighted by Gasteiger charge is 2.06. The molecule has 1 aromatic rings. The Labute approximate surface area is 97.6 Å². The molecular formula is C11H8N2S2. The maximum atomic E-state index is 8.75. The summed E-state index contributed by atoms with van der Waals surface area (Å²) >= 11 is 2.86. The normalized spacial score (nSPS) is 8.73. The van der Waals surface area contributed by atoms with Crippen molar-refractivity contribution in [3.05, 3.63) is 40.1 Å². The number of benzene rings is 1. The van der Waals surface area contributed by atoms with E-state index in [1.165, 1.54) is 23.5 Å². The monoisotopic (exact) mass is 232 g/mol. The topological polar surface area (TPSA) is 47.6 Å². The zero-order valence-corrected chi connectivity index (χ0v) is 9.73. The van der Waals surface area contributed by atoms with Crippen molar-refractivity contribution in [1.29, 1.82) is 10.5 Å². The Morgan fingerprint density at radius 2 is 1.73 bits per heavy atom. The molecule has 2 nitrogen and oxygen atoms in total. The number of nitrogens with zero attached hydrogens (tertiary/aromatic N) is 2. The number of rotatable bonds is 3. The maximum absolute atomic E-state index is 8.75. The Morgan fingerprint density at radius 1 is 1.13 bits per heavy atom. The van der Waals surface area contributed by atoms with Gasteiger partial charge in [0.25, 0.3) is 0 Å². The second-order valence-corrected chi connectivity index (χ2v) is 4.66. The van der Waals surface area contributed by atoms with Gasteiger partial charge in [-0.1, -0.05) is 30.0 Å². The summed E-state index contributed by atoms with van der Waals surface area (Å²) in [6.45, 7) is 0. The second kappa shape index (κ2) is 6.19. The lowest BCUT2D eigenvalue weighted by molar-refractivity contribution is 1.45. The van der Waals surface area contributed by atoms with Crippen LogP contribution in [0.1, 0.15) is 0 Å². The van der Waals surface area contributed by atoms with Crippen molar-refractivity contribution in [2.75, 3.05) is 6.26 Å². The fourth-order valence-electron chi connectivity index (χ4n) is 0.907. The molecule has 0 saturated heterocycles. The van der Waals surface area contributed by atoms with E-state index >= 15 is 0 Å². The number of allylic oxidation sites excluding steroid dienone is 1. The van der Waals surface area contributed by atoms with Gasteiger partial charge in [0.1, 0.15) is 17.7 Å². The van der Waals surface area contributed by atoms with Gasteiger partial charge >= 0.3 is 0 Å². The van der Waals surface area contributed by atoms with Crippen LogP contribution in [0.15, 0.2) is 45.0 Å². The summed E-state index contributed by atoms with van der Waals surface area (Å²) in [6.07, 6.45) is 1.86. The van der Waals surface area contributed by atoms with Crippen LogP contribution in [0.25, 0.3) is 0 Å². The molecule has 0 aromatic heterocycles. The van der Waals surface area contributed by atoms with Gasteiger partial charge < -0.3 is 0 Å². The maximum Gasteiger partial charge on any atom is 0.149 e. The number of thioether (sulfide) groups is 2. The number of hydrogen-bond acceptors (Lipinski definition) is 4. The Balaban J connectivity index is 2.95. The molecular weight excluding hydrogens is 224 g/mol. The average Bonchev–Trinajstić information content (AvgIpc) is 2.30. The fourth-order valence-corrected chi connectivity index (χ4v) is 2.52. The fraction of sp³-hybridized carbons (Fsp3) is 0.0909. The summed E-state index contributed by atoms with van der Waals surface area (Å²) < 4.78 is 0.742. The molecule has 0 heterocycles. The Kier molecular flexibility index (Phi) is 4.83. The van der Waals surface area contributed by atoms with Crippen LogP contribution in [-0.4, -0.2) is 6.26 Å². The third-order valence-electron chi connectivity index (χ3n) is 1.57. The Morgan fingerprint density at radius 3 is 2.20 bits per heavy atom. The second-order valence-electron chi connectivity index (χ2n) is 2.51. The van der Waals surface area contributed by atoms with Crippen LogP contribution in [0.5, 0.6) is 0 Å². The van der Waals surface area contributed by atoms with Gasteiger partial charge in [-0.15, -0.1) is 11.8 Å². The first kappa shape index (κ1) is 11.7. The van der Waals surface area contributed by atoms with Crippen molar-refractivity contribution in [2.45, 2.75) is 4.90 Å². The van der Waals surface area contributed by atoms with Gasteiger partial charge in [0.15, 0.2) is 0 Å². The van der Waals surface area contributed by atoms with Crippen molar-refractivity contribution >= 4 is 23.5 Å². The van der Waals surface area contributed by atoms with E-state index in [1.54, 1.807) is 0 Å². The lowest BCUT2D eigenvalue weighted by atomic mass is 10.4. The molecule has 0 bridgehead atoms. The molecule has 0 radical (unpaired) electrons. The van der Waals surface area contributed by atoms with Gasteiger partial charge in [-0.3, -0.25) is 0 Å². The third-order valence-corrected chi connectivity index (χ3v) is 3.79. The van der Waals surface area contributed by atoms with Crippen LogP contribution in [0, 0.1) is 22.7 Å². The predicted octanol–water partition coefficient (Wildman–Crippen LogP) is 3.40. The molecule has 1 rings (SSSR count). The molecule has 4 heteroatoms. The third kappa shape index (κ3) is 3.36. The molecule has 0 fully saturated rings. The first-order valence-electron chi connectivity index (χ1n) is 4.13. The van der Waals surface area contributed by atoms with Gasteiger partial charge in [-0.05, 0) is 18.4 Å². The quantitative estimate of drug-likeness (QED) is 0.592. The molecule has 74 valence electrons. The lowest BCUT2D eigenvalue weighted by Crippen LogP contribution is -1.79. The van der Waals surface area contributed by atoms with Crippen molar-refractivity contribution in [2.24, 2.45) is 0 Å². The van der Waals surface area contributed by atoms with Crippen LogP contribution < -0.4 is 0 Å². The molecule has 1 aromatic carbocycles. The molecule has 0 N–H and O–H groups in total.